The monoisotopic (exact) mass is 248 g/mol. The van der Waals surface area contributed by atoms with Gasteiger partial charge in [-0.05, 0) is 24.1 Å². The molecule has 1 amide bonds. The largest absolute Gasteiger partial charge is 0.375 e. The Kier molecular flexibility index (Phi) is 4.33. The third-order valence-corrected chi connectivity index (χ3v) is 3.32. The Morgan fingerprint density at radius 3 is 2.78 bits per heavy atom. The molecule has 18 heavy (non-hydrogen) atoms. The zero-order valence-corrected chi connectivity index (χ0v) is 10.8. The van der Waals surface area contributed by atoms with Crippen molar-refractivity contribution in [3.63, 3.8) is 0 Å². The first-order valence-electron chi connectivity index (χ1n) is 6.44. The average Bonchev–Trinajstić information content (AvgIpc) is 2.46. The molecule has 0 aromatic heterocycles. The van der Waals surface area contributed by atoms with Crippen LogP contribution in [0, 0.1) is 0 Å². The summed E-state index contributed by atoms with van der Waals surface area (Å²) < 4.78 is 5.57. The summed E-state index contributed by atoms with van der Waals surface area (Å²) in [5, 5.41) is 0. The van der Waals surface area contributed by atoms with Gasteiger partial charge in [0.15, 0.2) is 0 Å². The van der Waals surface area contributed by atoms with Crippen LogP contribution in [0.25, 0.3) is 0 Å². The summed E-state index contributed by atoms with van der Waals surface area (Å²) in [5.74, 6) is 0.0836. The molecule has 1 fully saturated rings. The minimum absolute atomic E-state index is 0.0836. The lowest BCUT2D eigenvalue weighted by Gasteiger charge is -2.32. The molecule has 1 aliphatic heterocycles. The van der Waals surface area contributed by atoms with E-state index in [0.29, 0.717) is 26.2 Å². The van der Waals surface area contributed by atoms with Crippen LogP contribution in [0.4, 0.5) is 0 Å². The molecule has 0 spiro atoms. The number of amides is 1. The van der Waals surface area contributed by atoms with Crippen molar-refractivity contribution < 1.29 is 9.53 Å². The van der Waals surface area contributed by atoms with Crippen molar-refractivity contribution in [1.29, 1.82) is 0 Å². The number of benzene rings is 1. The van der Waals surface area contributed by atoms with Gasteiger partial charge >= 0.3 is 0 Å². The summed E-state index contributed by atoms with van der Waals surface area (Å²) >= 11 is 0. The van der Waals surface area contributed by atoms with E-state index >= 15 is 0 Å². The maximum absolute atomic E-state index is 12.3. The van der Waals surface area contributed by atoms with Gasteiger partial charge in [0, 0.05) is 25.2 Å². The lowest BCUT2D eigenvalue weighted by Crippen LogP contribution is -2.45. The van der Waals surface area contributed by atoms with Gasteiger partial charge in [0.1, 0.15) is 0 Å². The number of ether oxygens (including phenoxy) is 1. The van der Waals surface area contributed by atoms with E-state index in [1.807, 2.05) is 29.2 Å². The number of nitrogens with zero attached hydrogens (tertiary/aromatic N) is 1. The van der Waals surface area contributed by atoms with Crippen molar-refractivity contribution in [3.05, 3.63) is 35.4 Å². The fourth-order valence-corrected chi connectivity index (χ4v) is 2.12. The molecular formula is C14H20N2O2. The summed E-state index contributed by atoms with van der Waals surface area (Å²) in [7, 11) is 0. The van der Waals surface area contributed by atoms with Crippen molar-refractivity contribution in [1.82, 2.24) is 4.90 Å². The van der Waals surface area contributed by atoms with Crippen LogP contribution < -0.4 is 5.73 Å². The Morgan fingerprint density at radius 1 is 1.44 bits per heavy atom. The van der Waals surface area contributed by atoms with Crippen LogP contribution in [0.3, 0.4) is 0 Å². The fraction of sp³-hybridized carbons (Fsp3) is 0.500. The molecule has 0 radical (unpaired) electrons. The summed E-state index contributed by atoms with van der Waals surface area (Å²) in [6.45, 7) is 4.58. The fourth-order valence-electron chi connectivity index (χ4n) is 2.12. The maximum atomic E-state index is 12.3. The molecule has 2 N–H and O–H groups in total. The summed E-state index contributed by atoms with van der Waals surface area (Å²) in [5.41, 5.74) is 7.31. The molecule has 0 bridgehead atoms. The van der Waals surface area contributed by atoms with Gasteiger partial charge in [0.05, 0.1) is 12.7 Å². The van der Waals surface area contributed by atoms with Crippen LogP contribution in [0.15, 0.2) is 24.3 Å². The van der Waals surface area contributed by atoms with Crippen LogP contribution in [-0.2, 0) is 11.3 Å². The Balaban J connectivity index is 2.05. The molecule has 4 heteroatoms. The van der Waals surface area contributed by atoms with Gasteiger partial charge in [-0.2, -0.15) is 0 Å². The molecular weight excluding hydrogens is 228 g/mol. The van der Waals surface area contributed by atoms with Crippen molar-refractivity contribution in [2.24, 2.45) is 5.73 Å². The van der Waals surface area contributed by atoms with Gasteiger partial charge in [-0.25, -0.2) is 0 Å². The lowest BCUT2D eigenvalue weighted by molar-refractivity contribution is -0.0226. The predicted octanol–water partition coefficient (Wildman–Crippen LogP) is 1.40. The zero-order chi connectivity index (χ0) is 13.0. The quantitative estimate of drug-likeness (QED) is 0.879. The van der Waals surface area contributed by atoms with Crippen molar-refractivity contribution in [2.45, 2.75) is 26.0 Å². The maximum Gasteiger partial charge on any atom is 0.254 e. The van der Waals surface area contributed by atoms with Gasteiger partial charge in [0.25, 0.3) is 5.91 Å². The Labute approximate surface area is 108 Å². The van der Waals surface area contributed by atoms with Crippen molar-refractivity contribution in [3.8, 4) is 0 Å². The minimum atomic E-state index is 0.0836. The Bertz CT molecular complexity index is 403. The third kappa shape index (κ3) is 2.89. The molecule has 4 nitrogen and oxygen atoms in total. The standard InChI is InChI=1S/C14H20N2O2/c1-2-13-10-16(7-8-18-13)14(17)12-5-3-11(9-15)4-6-12/h3-6,13H,2,7-10,15H2,1H3/t13-/m0/s1. The highest BCUT2D eigenvalue weighted by Gasteiger charge is 2.23. The molecule has 1 atom stereocenters. The average molecular weight is 248 g/mol. The first-order valence-corrected chi connectivity index (χ1v) is 6.44. The topological polar surface area (TPSA) is 55.6 Å². The zero-order valence-electron chi connectivity index (χ0n) is 10.8. The van der Waals surface area contributed by atoms with E-state index in [0.717, 1.165) is 17.5 Å². The summed E-state index contributed by atoms with van der Waals surface area (Å²) in [6, 6.07) is 7.51. The number of carbonyl (C=O) groups excluding carboxylic acids is 1. The number of carbonyl (C=O) groups is 1. The van der Waals surface area contributed by atoms with Crippen molar-refractivity contribution >= 4 is 5.91 Å². The second-order valence-electron chi connectivity index (χ2n) is 4.55. The van der Waals surface area contributed by atoms with E-state index in [2.05, 4.69) is 6.92 Å². The third-order valence-electron chi connectivity index (χ3n) is 3.32. The number of nitrogens with two attached hydrogens (primary N) is 1. The molecule has 98 valence electrons. The summed E-state index contributed by atoms with van der Waals surface area (Å²) in [6.07, 6.45) is 1.11. The van der Waals surface area contributed by atoms with Crippen molar-refractivity contribution in [2.75, 3.05) is 19.7 Å². The minimum Gasteiger partial charge on any atom is -0.375 e. The second-order valence-corrected chi connectivity index (χ2v) is 4.55. The molecule has 2 rings (SSSR count). The highest BCUT2D eigenvalue weighted by atomic mass is 16.5. The van der Waals surface area contributed by atoms with E-state index < -0.39 is 0 Å². The molecule has 0 unspecified atom stereocenters. The number of hydrogen-bond acceptors (Lipinski definition) is 3. The van der Waals surface area contributed by atoms with E-state index in [1.165, 1.54) is 0 Å². The number of morpholine rings is 1. The van der Waals surface area contributed by atoms with Gasteiger partial charge in [-0.3, -0.25) is 4.79 Å². The summed E-state index contributed by atoms with van der Waals surface area (Å²) in [4.78, 5) is 14.2. The molecule has 1 heterocycles. The molecule has 1 aromatic rings. The highest BCUT2D eigenvalue weighted by Crippen LogP contribution is 2.13. The molecule has 0 aliphatic carbocycles. The number of rotatable bonds is 3. The van der Waals surface area contributed by atoms with Crippen LogP contribution in [0.2, 0.25) is 0 Å². The second kappa shape index (κ2) is 5.98. The smallest absolute Gasteiger partial charge is 0.254 e. The van der Waals surface area contributed by atoms with Crippen LogP contribution in [0.5, 0.6) is 0 Å². The van der Waals surface area contributed by atoms with Gasteiger partial charge in [-0.1, -0.05) is 19.1 Å². The van der Waals surface area contributed by atoms with Crippen LogP contribution >= 0.6 is 0 Å². The number of hydrogen-bond donors (Lipinski definition) is 1. The van der Waals surface area contributed by atoms with E-state index in [9.17, 15) is 4.79 Å². The normalized spacial score (nSPS) is 19.9. The SMILES string of the molecule is CC[C@H]1CN(C(=O)c2ccc(CN)cc2)CCO1. The molecule has 0 saturated carbocycles. The molecule has 1 aromatic carbocycles. The van der Waals surface area contributed by atoms with E-state index in [1.54, 1.807) is 0 Å². The lowest BCUT2D eigenvalue weighted by atomic mass is 10.1. The molecule has 1 saturated heterocycles. The Hall–Kier alpha value is -1.39. The van der Waals surface area contributed by atoms with Gasteiger partial charge in [0.2, 0.25) is 0 Å². The van der Waals surface area contributed by atoms with Gasteiger partial charge in [-0.15, -0.1) is 0 Å². The predicted molar refractivity (Wildman–Crippen MR) is 70.3 cm³/mol. The highest BCUT2D eigenvalue weighted by molar-refractivity contribution is 5.94. The molecule has 1 aliphatic rings. The van der Waals surface area contributed by atoms with Crippen LogP contribution in [-0.4, -0.2) is 36.6 Å². The van der Waals surface area contributed by atoms with E-state index in [-0.39, 0.29) is 12.0 Å². The first-order chi connectivity index (χ1) is 8.74. The first kappa shape index (κ1) is 13.1. The Morgan fingerprint density at radius 2 is 2.17 bits per heavy atom. The van der Waals surface area contributed by atoms with Crippen LogP contribution in [0.1, 0.15) is 29.3 Å². The van der Waals surface area contributed by atoms with Gasteiger partial charge < -0.3 is 15.4 Å². The van der Waals surface area contributed by atoms with E-state index in [4.69, 9.17) is 10.5 Å².